The van der Waals surface area contributed by atoms with Crippen LogP contribution in [0.3, 0.4) is 0 Å². The predicted molar refractivity (Wildman–Crippen MR) is 113 cm³/mol. The van der Waals surface area contributed by atoms with Crippen molar-refractivity contribution in [2.24, 2.45) is 0 Å². The number of hydrogen-bond acceptors (Lipinski definition) is 4. The van der Waals surface area contributed by atoms with Crippen molar-refractivity contribution in [3.05, 3.63) is 67.3 Å². The maximum Gasteiger partial charge on any atom is 0.261 e. The number of aliphatic hydroxyl groups is 2. The monoisotopic (exact) mass is 395 g/mol. The molecule has 4 nitrogen and oxygen atoms in total. The van der Waals surface area contributed by atoms with E-state index in [4.69, 9.17) is 15.6 Å². The van der Waals surface area contributed by atoms with Crippen molar-refractivity contribution in [2.45, 2.75) is 43.6 Å². The van der Waals surface area contributed by atoms with E-state index >= 15 is 0 Å². The van der Waals surface area contributed by atoms with Crippen LogP contribution in [0.2, 0.25) is 5.04 Å². The van der Waals surface area contributed by atoms with Gasteiger partial charge >= 0.3 is 0 Å². The van der Waals surface area contributed by atoms with Gasteiger partial charge in [0.05, 0.1) is 6.61 Å². The Morgan fingerprint density at radius 3 is 2.00 bits per heavy atom. The van der Waals surface area contributed by atoms with Gasteiger partial charge in [-0.25, -0.2) is 0 Å². The number of hydrogen-bond donors (Lipinski definition) is 2. The molecule has 3 rings (SSSR count). The third-order valence-electron chi connectivity index (χ3n) is 5.41. The lowest BCUT2D eigenvalue weighted by molar-refractivity contribution is -0.0484. The van der Waals surface area contributed by atoms with Crippen LogP contribution >= 0.6 is 0 Å². The van der Waals surface area contributed by atoms with E-state index in [1.54, 1.807) is 0 Å². The van der Waals surface area contributed by atoms with Crippen LogP contribution in [0, 0.1) is 19.0 Å². The molecule has 0 unspecified atom stereocenters. The van der Waals surface area contributed by atoms with Gasteiger partial charge in [0.2, 0.25) is 0 Å². The van der Waals surface area contributed by atoms with E-state index in [1.165, 1.54) is 6.61 Å². The molecular formula is C23H27O4Si. The van der Waals surface area contributed by atoms with Crippen molar-refractivity contribution >= 4 is 18.7 Å². The van der Waals surface area contributed by atoms with Crippen LogP contribution in [0.4, 0.5) is 0 Å². The van der Waals surface area contributed by atoms with Gasteiger partial charge < -0.3 is 19.4 Å². The summed E-state index contributed by atoms with van der Waals surface area (Å²) in [6.07, 6.45) is 3.41. The van der Waals surface area contributed by atoms with Gasteiger partial charge in [0.25, 0.3) is 8.32 Å². The summed E-state index contributed by atoms with van der Waals surface area (Å²) >= 11 is 0. The molecule has 5 heteroatoms. The van der Waals surface area contributed by atoms with Gasteiger partial charge in [0, 0.05) is 0 Å². The summed E-state index contributed by atoms with van der Waals surface area (Å²) in [6.45, 7) is 7.76. The first-order valence-corrected chi connectivity index (χ1v) is 11.3. The molecule has 1 fully saturated rings. The SMILES string of the molecule is C#C[C@]1(O)[C@@H](O)[CH]O[C@@H]1CO[Si](c1ccccc1)(c1ccccc1)C(C)(C)C. The molecule has 0 amide bonds. The fraction of sp³-hybridized carbons (Fsp3) is 0.348. The van der Waals surface area contributed by atoms with Crippen molar-refractivity contribution < 1.29 is 19.4 Å². The summed E-state index contributed by atoms with van der Waals surface area (Å²) < 4.78 is 12.2. The summed E-state index contributed by atoms with van der Waals surface area (Å²) in [6, 6.07) is 20.4. The number of aliphatic hydroxyl groups excluding tert-OH is 1. The Labute approximate surface area is 168 Å². The molecule has 1 aliphatic heterocycles. The van der Waals surface area contributed by atoms with Crippen LogP contribution in [0.15, 0.2) is 60.7 Å². The molecule has 1 aliphatic rings. The van der Waals surface area contributed by atoms with Crippen LogP contribution in [0.5, 0.6) is 0 Å². The average Bonchev–Trinajstić information content (AvgIpc) is 2.98. The minimum atomic E-state index is -2.77. The third kappa shape index (κ3) is 3.43. The van der Waals surface area contributed by atoms with Crippen LogP contribution in [0.1, 0.15) is 20.8 Å². The van der Waals surface area contributed by atoms with E-state index in [1.807, 2.05) is 36.4 Å². The lowest BCUT2D eigenvalue weighted by Crippen LogP contribution is -2.67. The van der Waals surface area contributed by atoms with E-state index < -0.39 is 26.1 Å². The first-order chi connectivity index (χ1) is 13.3. The molecule has 0 aromatic heterocycles. The number of rotatable bonds is 5. The first kappa shape index (κ1) is 20.8. The maximum atomic E-state index is 10.7. The molecule has 2 aromatic carbocycles. The molecule has 0 aliphatic carbocycles. The summed E-state index contributed by atoms with van der Waals surface area (Å²) in [5.74, 6) is 2.28. The fourth-order valence-electron chi connectivity index (χ4n) is 3.87. The number of terminal acetylenes is 1. The van der Waals surface area contributed by atoms with Gasteiger partial charge in [-0.05, 0) is 15.4 Å². The van der Waals surface area contributed by atoms with Gasteiger partial charge in [-0.15, -0.1) is 6.42 Å². The lowest BCUT2D eigenvalue weighted by Gasteiger charge is -2.44. The number of ether oxygens (including phenoxy) is 1. The maximum absolute atomic E-state index is 10.7. The van der Waals surface area contributed by atoms with Crippen molar-refractivity contribution in [1.29, 1.82) is 0 Å². The van der Waals surface area contributed by atoms with Crippen molar-refractivity contribution in [3.8, 4) is 12.3 Å². The Hall–Kier alpha value is -1.94. The van der Waals surface area contributed by atoms with Crippen molar-refractivity contribution in [3.63, 3.8) is 0 Å². The molecule has 0 spiro atoms. The largest absolute Gasteiger partial charge is 0.405 e. The normalized spacial score (nSPS) is 25.4. The summed E-state index contributed by atoms with van der Waals surface area (Å²) in [4.78, 5) is 0. The lowest BCUT2D eigenvalue weighted by atomic mass is 9.95. The molecule has 0 saturated carbocycles. The highest BCUT2D eigenvalue weighted by molar-refractivity contribution is 6.99. The minimum absolute atomic E-state index is 0.0710. The standard InChI is InChI=1S/C23H27O4Si/c1-5-23(25)20(24)16-26-21(23)17-27-28(22(2,3)4,18-12-8-6-9-13-18)19-14-10-7-11-15-19/h1,6-16,20-21,24-25H,17H2,2-4H3/t20-,21+,23-/m0/s1. The van der Waals surface area contributed by atoms with Crippen LogP contribution in [-0.4, -0.2) is 42.9 Å². The summed E-state index contributed by atoms with van der Waals surface area (Å²) in [5, 5.41) is 22.7. The second kappa shape index (κ2) is 7.82. The van der Waals surface area contributed by atoms with Gasteiger partial charge in [-0.1, -0.05) is 87.4 Å². The Morgan fingerprint density at radius 1 is 1.07 bits per heavy atom. The van der Waals surface area contributed by atoms with E-state index in [0.29, 0.717) is 0 Å². The van der Waals surface area contributed by atoms with Crippen LogP contribution in [0.25, 0.3) is 0 Å². The third-order valence-corrected chi connectivity index (χ3v) is 10.4. The Bertz CT molecular complexity index is 786. The molecule has 3 atom stereocenters. The molecule has 1 saturated heterocycles. The highest BCUT2D eigenvalue weighted by Crippen LogP contribution is 2.38. The van der Waals surface area contributed by atoms with E-state index in [0.717, 1.165) is 10.4 Å². The van der Waals surface area contributed by atoms with Crippen molar-refractivity contribution in [1.82, 2.24) is 0 Å². The second-order valence-corrected chi connectivity index (χ2v) is 12.5. The van der Waals surface area contributed by atoms with Crippen LogP contribution < -0.4 is 10.4 Å². The van der Waals surface area contributed by atoms with Gasteiger partial charge in [-0.2, -0.15) is 0 Å². The zero-order valence-corrected chi connectivity index (χ0v) is 17.5. The molecule has 28 heavy (non-hydrogen) atoms. The van der Waals surface area contributed by atoms with Crippen molar-refractivity contribution in [2.75, 3.05) is 6.61 Å². The molecule has 2 aromatic rings. The molecule has 1 radical (unpaired) electrons. The van der Waals surface area contributed by atoms with E-state index in [9.17, 15) is 10.2 Å². The fourth-order valence-corrected chi connectivity index (χ4v) is 8.43. The summed E-state index contributed by atoms with van der Waals surface area (Å²) in [5.41, 5.74) is -1.80. The summed E-state index contributed by atoms with van der Waals surface area (Å²) in [7, 11) is -2.77. The van der Waals surface area contributed by atoms with E-state index in [-0.39, 0.29) is 11.6 Å². The van der Waals surface area contributed by atoms with Gasteiger partial charge in [0.15, 0.2) is 5.60 Å². The highest BCUT2D eigenvalue weighted by Gasteiger charge is 2.54. The number of benzene rings is 2. The topological polar surface area (TPSA) is 58.9 Å². The predicted octanol–water partition coefficient (Wildman–Crippen LogP) is 1.85. The quantitative estimate of drug-likeness (QED) is 0.599. The van der Waals surface area contributed by atoms with E-state index in [2.05, 4.69) is 51.0 Å². The molecule has 0 bridgehead atoms. The van der Waals surface area contributed by atoms with Gasteiger partial charge in [0.1, 0.15) is 18.8 Å². The smallest absolute Gasteiger partial charge is 0.261 e. The van der Waals surface area contributed by atoms with Gasteiger partial charge in [-0.3, -0.25) is 0 Å². The average molecular weight is 396 g/mol. The molecule has 2 N–H and O–H groups in total. The molecule has 1 heterocycles. The highest BCUT2D eigenvalue weighted by atomic mass is 28.4. The Balaban J connectivity index is 2.06. The Kier molecular flexibility index (Phi) is 5.81. The second-order valence-electron chi connectivity index (χ2n) is 8.15. The zero-order chi connectivity index (χ0) is 20.4. The molecule has 147 valence electrons. The minimum Gasteiger partial charge on any atom is -0.405 e. The zero-order valence-electron chi connectivity index (χ0n) is 16.5. The first-order valence-electron chi connectivity index (χ1n) is 9.37. The Morgan fingerprint density at radius 2 is 1.57 bits per heavy atom. The van der Waals surface area contributed by atoms with Crippen LogP contribution in [-0.2, 0) is 9.16 Å². The molecular weight excluding hydrogens is 368 g/mol.